The van der Waals surface area contributed by atoms with Crippen LogP contribution < -0.4 is 32.4 Å². The van der Waals surface area contributed by atoms with Gasteiger partial charge in [0.15, 0.2) is 0 Å². The molecular weight excluding hydrogens is 584 g/mol. The summed E-state index contributed by atoms with van der Waals surface area (Å²) in [7, 11) is 1.24. The van der Waals surface area contributed by atoms with E-state index in [1.165, 1.54) is 43.0 Å². The van der Waals surface area contributed by atoms with Crippen molar-refractivity contribution >= 4 is 41.3 Å². The van der Waals surface area contributed by atoms with E-state index in [9.17, 15) is 24.0 Å². The van der Waals surface area contributed by atoms with Crippen LogP contribution in [0.3, 0.4) is 0 Å². The molecule has 0 aliphatic heterocycles. The van der Waals surface area contributed by atoms with Crippen molar-refractivity contribution in [3.63, 3.8) is 0 Å². The Morgan fingerprint density at radius 1 is 1.11 bits per heavy atom. The third-order valence-electron chi connectivity index (χ3n) is 6.51. The number of methoxy groups -OCH3 is 1. The standard InChI is InChI=1S/C28H44N6O6S.C2H2.CH4/c1-6-12-19(7-2)20(8-3)31-23(35)17-34-16-11-14-22(28(34)39)33-26(37)21(13-9-10-15-24(36)40-5)32-27(38)25(41-30)18(4)29;1-2;/h10-11,14-16,19-21H,6-9,12-13,17,29-30H2,1-5H3,(H,31,35)(H,32,38)(H,33,37);1-2H;1H4/b15-10+,25-18-;;. The zero-order valence-electron chi connectivity index (χ0n) is 25.7. The van der Waals surface area contributed by atoms with Crippen LogP contribution in [0.4, 0.5) is 5.69 Å². The van der Waals surface area contributed by atoms with Crippen molar-refractivity contribution < 1.29 is 23.9 Å². The summed E-state index contributed by atoms with van der Waals surface area (Å²) < 4.78 is 5.77. The van der Waals surface area contributed by atoms with Crippen LogP contribution in [0.5, 0.6) is 0 Å². The van der Waals surface area contributed by atoms with E-state index in [1.54, 1.807) is 6.07 Å². The third kappa shape index (κ3) is 14.4. The Hall–Kier alpha value is -4.02. The number of allylic oxidation sites excluding steroid dienone is 2. The maximum atomic E-state index is 13.2. The molecule has 0 spiro atoms. The van der Waals surface area contributed by atoms with Gasteiger partial charge in [-0.3, -0.25) is 24.3 Å². The molecule has 3 atom stereocenters. The number of ether oxygens (including phenoxy) is 1. The van der Waals surface area contributed by atoms with Gasteiger partial charge in [-0.25, -0.2) is 4.79 Å². The monoisotopic (exact) mass is 634 g/mol. The molecule has 1 heterocycles. The molecule has 1 aromatic rings. The predicted molar refractivity (Wildman–Crippen MR) is 178 cm³/mol. The third-order valence-corrected chi connectivity index (χ3v) is 7.26. The normalized spacial score (nSPS) is 13.1. The molecule has 13 heteroatoms. The molecule has 0 aliphatic rings. The first kappa shape index (κ1) is 42.1. The van der Waals surface area contributed by atoms with Gasteiger partial charge in [0, 0.05) is 24.0 Å². The lowest BCUT2D eigenvalue weighted by Gasteiger charge is -2.26. The Morgan fingerprint density at radius 3 is 2.30 bits per heavy atom. The zero-order chi connectivity index (χ0) is 32.9. The molecule has 0 bridgehead atoms. The van der Waals surface area contributed by atoms with Crippen molar-refractivity contribution in [2.45, 2.75) is 92.3 Å². The summed E-state index contributed by atoms with van der Waals surface area (Å²) in [6.45, 7) is 7.52. The zero-order valence-corrected chi connectivity index (χ0v) is 26.5. The first-order valence-corrected chi connectivity index (χ1v) is 14.9. The van der Waals surface area contributed by atoms with E-state index in [-0.39, 0.29) is 55.1 Å². The Labute approximate surface area is 265 Å². The number of nitrogens with zero attached hydrogens (tertiary/aromatic N) is 1. The summed E-state index contributed by atoms with van der Waals surface area (Å²) in [6, 6.07) is 1.87. The van der Waals surface area contributed by atoms with E-state index >= 15 is 0 Å². The topological polar surface area (TPSA) is 188 Å². The number of aromatic nitrogens is 1. The summed E-state index contributed by atoms with van der Waals surface area (Å²) in [4.78, 5) is 63.2. The molecule has 1 aromatic heterocycles. The van der Waals surface area contributed by atoms with Crippen LogP contribution in [0, 0.1) is 18.8 Å². The van der Waals surface area contributed by atoms with Gasteiger partial charge in [0.1, 0.15) is 23.2 Å². The smallest absolute Gasteiger partial charge is 0.330 e. The molecule has 3 unspecified atom stereocenters. The van der Waals surface area contributed by atoms with Crippen LogP contribution in [-0.4, -0.2) is 47.5 Å². The highest BCUT2D eigenvalue weighted by atomic mass is 32.2. The number of esters is 1. The second-order valence-corrected chi connectivity index (χ2v) is 10.2. The summed E-state index contributed by atoms with van der Waals surface area (Å²) in [5.74, 6) is -1.84. The predicted octanol–water partition coefficient (Wildman–Crippen LogP) is 3.18. The summed E-state index contributed by atoms with van der Waals surface area (Å²) in [5.41, 5.74) is 5.27. The van der Waals surface area contributed by atoms with E-state index in [4.69, 9.17) is 10.9 Å². The molecule has 7 N–H and O–H groups in total. The lowest BCUT2D eigenvalue weighted by atomic mass is 9.90. The number of nitrogens with one attached hydrogen (secondary N) is 3. The molecule has 0 saturated heterocycles. The lowest BCUT2D eigenvalue weighted by molar-refractivity contribution is -0.134. The maximum absolute atomic E-state index is 13.2. The second kappa shape index (κ2) is 23.4. The largest absolute Gasteiger partial charge is 0.466 e. The van der Waals surface area contributed by atoms with Crippen LogP contribution in [0.1, 0.15) is 73.6 Å². The first-order valence-electron chi connectivity index (χ1n) is 14.0. The number of amides is 3. The maximum Gasteiger partial charge on any atom is 0.330 e. The van der Waals surface area contributed by atoms with Gasteiger partial charge >= 0.3 is 5.97 Å². The quantitative estimate of drug-likeness (QED) is 0.0742. The molecule has 3 amide bonds. The number of carbonyl (C=O) groups excluding carboxylic acids is 4. The molecule has 12 nitrogen and oxygen atoms in total. The average Bonchev–Trinajstić information content (AvgIpc) is 2.99. The fraction of sp³-hybridized carbons (Fsp3) is 0.516. The van der Waals surface area contributed by atoms with Gasteiger partial charge in [0.05, 0.1) is 7.11 Å². The number of carbonyl (C=O) groups is 4. The van der Waals surface area contributed by atoms with Gasteiger partial charge in [-0.1, -0.05) is 47.1 Å². The van der Waals surface area contributed by atoms with Gasteiger partial charge in [-0.05, 0) is 62.6 Å². The fourth-order valence-electron chi connectivity index (χ4n) is 4.33. The van der Waals surface area contributed by atoms with Crippen LogP contribution in [0.25, 0.3) is 0 Å². The van der Waals surface area contributed by atoms with Gasteiger partial charge < -0.3 is 31.0 Å². The van der Waals surface area contributed by atoms with Gasteiger partial charge in [-0.15, -0.1) is 12.8 Å². The number of rotatable bonds is 17. The van der Waals surface area contributed by atoms with Crippen molar-refractivity contribution in [1.29, 1.82) is 0 Å². The number of pyridine rings is 1. The number of terminal acetylenes is 1. The minimum atomic E-state index is -1.10. The molecule has 0 radical (unpaired) electrons. The van der Waals surface area contributed by atoms with Crippen molar-refractivity contribution in [2.24, 2.45) is 16.8 Å². The highest BCUT2D eigenvalue weighted by molar-refractivity contribution is 8.01. The van der Waals surface area contributed by atoms with Crippen molar-refractivity contribution in [3.05, 3.63) is 51.4 Å². The SMILES string of the molecule is C.C#C.CCCC(CC)C(CC)NC(=O)Cn1cccc(NC(=O)C(CC/C=C/C(=O)OC)NC(=O)/C(SN)=C(\C)N)c1=O. The van der Waals surface area contributed by atoms with E-state index in [1.807, 2.05) is 6.92 Å². The van der Waals surface area contributed by atoms with Crippen molar-refractivity contribution in [2.75, 3.05) is 12.4 Å². The Morgan fingerprint density at radius 2 is 1.77 bits per heavy atom. The van der Waals surface area contributed by atoms with Gasteiger partial charge in [0.2, 0.25) is 11.8 Å². The molecule has 246 valence electrons. The molecule has 1 rings (SSSR count). The highest BCUT2D eigenvalue weighted by Gasteiger charge is 2.24. The Bertz CT molecular complexity index is 1210. The van der Waals surface area contributed by atoms with Gasteiger partial charge in [0.25, 0.3) is 11.5 Å². The highest BCUT2D eigenvalue weighted by Crippen LogP contribution is 2.18. The van der Waals surface area contributed by atoms with Crippen molar-refractivity contribution in [3.8, 4) is 12.8 Å². The Balaban J connectivity index is 0. The number of hydrogen-bond acceptors (Lipinski definition) is 9. The van der Waals surface area contributed by atoms with Crippen molar-refractivity contribution in [1.82, 2.24) is 15.2 Å². The lowest BCUT2D eigenvalue weighted by Crippen LogP contribution is -2.45. The van der Waals surface area contributed by atoms with Gasteiger partial charge in [-0.2, -0.15) is 0 Å². The fourth-order valence-corrected chi connectivity index (χ4v) is 4.68. The molecule has 0 saturated carbocycles. The molecule has 0 aliphatic carbocycles. The minimum Gasteiger partial charge on any atom is -0.466 e. The minimum absolute atomic E-state index is 0. The summed E-state index contributed by atoms with van der Waals surface area (Å²) in [5, 5.41) is 13.7. The number of hydrogen-bond donors (Lipinski definition) is 5. The van der Waals surface area contributed by atoms with Crippen LogP contribution in [0.2, 0.25) is 0 Å². The first-order chi connectivity index (χ1) is 20.5. The second-order valence-electron chi connectivity index (χ2n) is 9.54. The van der Waals surface area contributed by atoms with Crippen LogP contribution in [-0.2, 0) is 30.5 Å². The molecule has 0 aromatic carbocycles. The van der Waals surface area contributed by atoms with Crippen LogP contribution >= 0.6 is 11.9 Å². The van der Waals surface area contributed by atoms with Crippen LogP contribution in [0.15, 0.2) is 45.9 Å². The Kier molecular flexibility index (Phi) is 22.4. The molecular formula is C31H50N6O6S. The number of anilines is 1. The summed E-state index contributed by atoms with van der Waals surface area (Å²) >= 11 is 0.645. The van der Waals surface area contributed by atoms with E-state index in [2.05, 4.69) is 47.4 Å². The summed E-state index contributed by atoms with van der Waals surface area (Å²) in [6.07, 6.45) is 16.2. The average molecular weight is 635 g/mol. The van der Waals surface area contributed by atoms with E-state index in [0.717, 1.165) is 25.7 Å². The van der Waals surface area contributed by atoms with E-state index < -0.39 is 29.4 Å². The molecule has 0 fully saturated rings. The van der Waals surface area contributed by atoms with E-state index in [0.29, 0.717) is 17.9 Å². The number of nitrogens with two attached hydrogens (primary N) is 2. The molecule has 44 heavy (non-hydrogen) atoms.